The highest BCUT2D eigenvalue weighted by molar-refractivity contribution is 5.90. The Kier molecular flexibility index (Phi) is 8.00. The summed E-state index contributed by atoms with van der Waals surface area (Å²) in [5, 5.41) is 10.1. The van der Waals surface area contributed by atoms with Gasteiger partial charge in [-0.2, -0.15) is 0 Å². The molecule has 0 spiro atoms. The molecule has 3 aromatic rings. The molecular weight excluding hydrogens is 402 g/mol. The van der Waals surface area contributed by atoms with Gasteiger partial charge in [0.25, 0.3) is 0 Å². The lowest BCUT2D eigenvalue weighted by Crippen LogP contribution is -2.53. The minimum Gasteiger partial charge on any atom is -0.350 e. The van der Waals surface area contributed by atoms with Crippen LogP contribution in [0.25, 0.3) is 11.0 Å². The number of nitrogens with zero attached hydrogens (tertiary/aromatic N) is 1. The smallest absolute Gasteiger partial charge is 0.243 e. The van der Waals surface area contributed by atoms with Crippen LogP contribution in [0.4, 0.5) is 0 Å². The maximum absolute atomic E-state index is 13.1. The van der Waals surface area contributed by atoms with Crippen LogP contribution in [0.15, 0.2) is 48.8 Å². The second-order valence-corrected chi connectivity index (χ2v) is 8.69. The van der Waals surface area contributed by atoms with E-state index in [1.54, 1.807) is 6.20 Å². The number of benzene rings is 1. The number of aromatic nitrogens is 2. The van der Waals surface area contributed by atoms with Crippen molar-refractivity contribution in [3.8, 4) is 0 Å². The van der Waals surface area contributed by atoms with Gasteiger partial charge in [-0.3, -0.25) is 9.59 Å². The molecule has 4 N–H and O–H groups in total. The molecule has 0 aliphatic carbocycles. The van der Waals surface area contributed by atoms with Crippen molar-refractivity contribution in [2.75, 3.05) is 6.54 Å². The fourth-order valence-corrected chi connectivity index (χ4v) is 3.46. The number of rotatable bonds is 10. The number of amides is 2. The van der Waals surface area contributed by atoms with Crippen LogP contribution in [-0.2, 0) is 22.6 Å². The van der Waals surface area contributed by atoms with Crippen molar-refractivity contribution in [1.82, 2.24) is 25.9 Å². The van der Waals surface area contributed by atoms with E-state index in [0.717, 1.165) is 34.3 Å². The average molecular weight is 436 g/mol. The van der Waals surface area contributed by atoms with Crippen molar-refractivity contribution in [3.05, 3.63) is 65.5 Å². The van der Waals surface area contributed by atoms with Crippen molar-refractivity contribution in [2.24, 2.45) is 5.92 Å². The molecule has 0 unspecified atom stereocenters. The van der Waals surface area contributed by atoms with E-state index >= 15 is 0 Å². The number of fused-ring (bicyclic) bond motifs is 1. The van der Waals surface area contributed by atoms with Crippen LogP contribution in [0.3, 0.4) is 0 Å². The number of pyridine rings is 1. The van der Waals surface area contributed by atoms with Crippen LogP contribution in [0.2, 0.25) is 0 Å². The van der Waals surface area contributed by atoms with Crippen LogP contribution in [-0.4, -0.2) is 40.4 Å². The standard InChI is InChI=1S/C25H33N5O2/c1-16(2)13-27-18(4)24(31)30-22(12-20-8-6-5-7-17(20)3)25(32)29-15-19-11-21-9-10-26-23(21)28-14-19/h5-11,14,16,18,22,27H,12-13,15H2,1-4H3,(H,26,28)(H,29,32)(H,30,31)/t18-,22-/m0/s1. The summed E-state index contributed by atoms with van der Waals surface area (Å²) in [5.74, 6) is 0.0314. The summed E-state index contributed by atoms with van der Waals surface area (Å²) in [6, 6.07) is 10.8. The molecule has 2 atom stereocenters. The molecular formula is C25H33N5O2. The maximum Gasteiger partial charge on any atom is 0.243 e. The van der Waals surface area contributed by atoms with Crippen LogP contribution in [0.5, 0.6) is 0 Å². The van der Waals surface area contributed by atoms with Gasteiger partial charge in [0, 0.05) is 30.7 Å². The summed E-state index contributed by atoms with van der Waals surface area (Å²) in [7, 11) is 0. The third kappa shape index (κ3) is 6.40. The lowest BCUT2D eigenvalue weighted by atomic mass is 10.00. The first kappa shape index (κ1) is 23.5. The summed E-state index contributed by atoms with van der Waals surface area (Å²) in [5.41, 5.74) is 3.84. The molecule has 0 fully saturated rings. The Hall–Kier alpha value is -3.19. The number of carbonyl (C=O) groups excluding carboxylic acids is 2. The zero-order valence-electron chi connectivity index (χ0n) is 19.2. The second kappa shape index (κ2) is 10.9. The number of hydrogen-bond donors (Lipinski definition) is 4. The maximum atomic E-state index is 13.1. The highest BCUT2D eigenvalue weighted by atomic mass is 16.2. The molecule has 0 aliphatic rings. The SMILES string of the molecule is Cc1ccccc1C[C@H](NC(=O)[C@H](C)NCC(C)C)C(=O)NCc1cnc2[nH]ccc2c1. The number of nitrogens with one attached hydrogen (secondary N) is 4. The van der Waals surface area contributed by atoms with Gasteiger partial charge in [-0.15, -0.1) is 0 Å². The van der Waals surface area contributed by atoms with E-state index in [1.807, 2.05) is 56.4 Å². The molecule has 2 heterocycles. The van der Waals surface area contributed by atoms with E-state index in [0.29, 0.717) is 18.9 Å². The van der Waals surface area contributed by atoms with Gasteiger partial charge in [-0.1, -0.05) is 38.1 Å². The molecule has 0 aliphatic heterocycles. The molecule has 7 heteroatoms. The molecule has 0 saturated heterocycles. The summed E-state index contributed by atoms with van der Waals surface area (Å²) in [4.78, 5) is 33.3. The fourth-order valence-electron chi connectivity index (χ4n) is 3.46. The van der Waals surface area contributed by atoms with Gasteiger partial charge in [-0.05, 0) is 55.1 Å². The molecule has 2 amide bonds. The van der Waals surface area contributed by atoms with Crippen LogP contribution in [0.1, 0.15) is 37.5 Å². The normalized spacial score (nSPS) is 13.2. The molecule has 7 nitrogen and oxygen atoms in total. The van der Waals surface area contributed by atoms with Gasteiger partial charge in [-0.25, -0.2) is 4.98 Å². The van der Waals surface area contributed by atoms with Crippen molar-refractivity contribution < 1.29 is 9.59 Å². The van der Waals surface area contributed by atoms with Crippen molar-refractivity contribution in [3.63, 3.8) is 0 Å². The Morgan fingerprint density at radius 2 is 1.88 bits per heavy atom. The van der Waals surface area contributed by atoms with Crippen LogP contribution < -0.4 is 16.0 Å². The molecule has 2 aromatic heterocycles. The molecule has 0 radical (unpaired) electrons. The highest BCUT2D eigenvalue weighted by Crippen LogP contribution is 2.12. The Morgan fingerprint density at radius 3 is 2.62 bits per heavy atom. The van der Waals surface area contributed by atoms with E-state index in [2.05, 4.69) is 39.8 Å². The predicted molar refractivity (Wildman–Crippen MR) is 127 cm³/mol. The Labute approximate surface area is 189 Å². The number of aromatic amines is 1. The molecule has 3 rings (SSSR count). The van der Waals surface area contributed by atoms with E-state index in [1.165, 1.54) is 0 Å². The van der Waals surface area contributed by atoms with Gasteiger partial charge in [0.15, 0.2) is 0 Å². The molecule has 0 saturated carbocycles. The summed E-state index contributed by atoms with van der Waals surface area (Å²) < 4.78 is 0. The van der Waals surface area contributed by atoms with E-state index in [-0.39, 0.29) is 17.9 Å². The monoisotopic (exact) mass is 435 g/mol. The lowest BCUT2D eigenvalue weighted by molar-refractivity contribution is -0.129. The molecule has 1 aromatic carbocycles. The van der Waals surface area contributed by atoms with Gasteiger partial charge < -0.3 is 20.9 Å². The minimum atomic E-state index is -0.671. The van der Waals surface area contributed by atoms with Gasteiger partial charge in [0.1, 0.15) is 11.7 Å². The van der Waals surface area contributed by atoms with Gasteiger partial charge in [0.05, 0.1) is 6.04 Å². The average Bonchev–Trinajstić information content (AvgIpc) is 3.24. The summed E-state index contributed by atoms with van der Waals surface area (Å²) in [6.07, 6.45) is 4.00. The zero-order chi connectivity index (χ0) is 23.1. The lowest BCUT2D eigenvalue weighted by Gasteiger charge is -2.22. The summed E-state index contributed by atoms with van der Waals surface area (Å²) in [6.45, 7) is 9.08. The van der Waals surface area contributed by atoms with Crippen molar-refractivity contribution >= 4 is 22.8 Å². The van der Waals surface area contributed by atoms with Crippen molar-refractivity contribution in [2.45, 2.75) is 52.7 Å². The van der Waals surface area contributed by atoms with E-state index in [9.17, 15) is 9.59 Å². The first-order chi connectivity index (χ1) is 15.3. The fraction of sp³-hybridized carbons (Fsp3) is 0.400. The largest absolute Gasteiger partial charge is 0.350 e. The van der Waals surface area contributed by atoms with Crippen molar-refractivity contribution in [1.29, 1.82) is 0 Å². The predicted octanol–water partition coefficient (Wildman–Crippen LogP) is 2.85. The molecule has 170 valence electrons. The molecule has 32 heavy (non-hydrogen) atoms. The number of hydrogen-bond acceptors (Lipinski definition) is 4. The van der Waals surface area contributed by atoms with Gasteiger partial charge in [0.2, 0.25) is 11.8 Å². The van der Waals surface area contributed by atoms with Crippen LogP contribution in [0, 0.1) is 12.8 Å². The van der Waals surface area contributed by atoms with Crippen LogP contribution >= 0.6 is 0 Å². The topological polar surface area (TPSA) is 98.9 Å². The van der Waals surface area contributed by atoms with Gasteiger partial charge >= 0.3 is 0 Å². The third-order valence-corrected chi connectivity index (χ3v) is 5.47. The van der Waals surface area contributed by atoms with E-state index in [4.69, 9.17) is 0 Å². The Morgan fingerprint density at radius 1 is 1.09 bits per heavy atom. The minimum absolute atomic E-state index is 0.185. The molecule has 0 bridgehead atoms. The second-order valence-electron chi connectivity index (χ2n) is 8.69. The Bertz CT molecular complexity index is 1060. The highest BCUT2D eigenvalue weighted by Gasteiger charge is 2.24. The first-order valence-electron chi connectivity index (χ1n) is 11.1. The quantitative estimate of drug-likeness (QED) is 0.394. The number of aryl methyl sites for hydroxylation is 1. The zero-order valence-corrected chi connectivity index (χ0v) is 19.2. The van der Waals surface area contributed by atoms with E-state index < -0.39 is 6.04 Å². The number of H-pyrrole nitrogens is 1. The Balaban J connectivity index is 1.69. The first-order valence-corrected chi connectivity index (χ1v) is 11.1. The summed E-state index contributed by atoms with van der Waals surface area (Å²) >= 11 is 0. The number of carbonyl (C=O) groups is 2. The third-order valence-electron chi connectivity index (χ3n) is 5.47.